The number of aliphatic hydroxyl groups excluding tert-OH is 5. The van der Waals surface area contributed by atoms with E-state index >= 15 is 0 Å². The lowest BCUT2D eigenvalue weighted by Crippen LogP contribution is -2.68. The molecule has 0 spiro atoms. The number of fused-ring (bicyclic) bond motifs is 7. The molecule has 2 heterocycles. The van der Waals surface area contributed by atoms with E-state index in [4.69, 9.17) is 18.9 Å². The molecule has 7 rings (SSSR count). The molecule has 7 aliphatic rings. The van der Waals surface area contributed by atoms with Crippen molar-refractivity contribution in [1.82, 2.24) is 0 Å². The Balaban J connectivity index is 1.17. The van der Waals surface area contributed by atoms with Gasteiger partial charge < -0.3 is 59.8 Å². The summed E-state index contributed by atoms with van der Waals surface area (Å²) >= 11 is 0. The molecule has 58 heavy (non-hydrogen) atoms. The predicted octanol–water partition coefficient (Wildman–Crippen LogP) is 2.25. The van der Waals surface area contributed by atoms with Crippen LogP contribution in [0.15, 0.2) is 11.6 Å². The number of ether oxygens (including phenoxy) is 4. The van der Waals surface area contributed by atoms with Crippen LogP contribution in [0.1, 0.15) is 106 Å². The van der Waals surface area contributed by atoms with E-state index in [9.17, 15) is 60.0 Å². The van der Waals surface area contributed by atoms with Gasteiger partial charge in [-0.1, -0.05) is 47.1 Å². The SMILES string of the molecule is CC1(C)[C@H](O[C@H]2O[C@@H](C(=O)O)[C@H](O)[C@@H](O)[C@@H]2O[C@@H]2O[C@H](C(=O)O)[C@@H](O)[C@@H](O)[C@@H]2O)CC[C@]2(C)[C@H]1CC[C@]1(C)[C@H]2C(=O)C=C2[C@@H]3C[C@](C)(C(=O)O)CC[C@@]3(C)CC[C@@]21C. The molecule has 2 saturated heterocycles. The van der Waals surface area contributed by atoms with Crippen LogP contribution in [0.5, 0.6) is 0 Å². The summed E-state index contributed by atoms with van der Waals surface area (Å²) in [4.78, 5) is 51.3. The number of carboxylic acids is 3. The van der Waals surface area contributed by atoms with Crippen molar-refractivity contribution in [1.29, 1.82) is 0 Å². The molecule has 4 saturated carbocycles. The molecule has 5 aliphatic carbocycles. The van der Waals surface area contributed by atoms with Crippen molar-refractivity contribution < 1.29 is 79.0 Å². The number of carbonyl (C=O) groups is 4. The molecule has 326 valence electrons. The van der Waals surface area contributed by atoms with Crippen molar-refractivity contribution in [3.8, 4) is 0 Å². The highest BCUT2D eigenvalue weighted by molar-refractivity contribution is 5.95. The van der Waals surface area contributed by atoms with Crippen molar-refractivity contribution >= 4 is 23.7 Å². The Kier molecular flexibility index (Phi) is 10.7. The first kappa shape index (κ1) is 43.5. The number of aliphatic hydroxyl groups is 5. The van der Waals surface area contributed by atoms with Crippen LogP contribution in [0.25, 0.3) is 0 Å². The highest BCUT2D eigenvalue weighted by Crippen LogP contribution is 2.75. The largest absolute Gasteiger partial charge is 0.481 e. The zero-order chi connectivity index (χ0) is 42.9. The van der Waals surface area contributed by atoms with Crippen LogP contribution in [-0.2, 0) is 38.1 Å². The van der Waals surface area contributed by atoms with E-state index in [1.165, 1.54) is 0 Å². The zero-order valence-corrected chi connectivity index (χ0v) is 34.4. The molecular weight excluding hydrogens is 760 g/mol. The third-order valence-electron chi connectivity index (χ3n) is 17.2. The molecule has 19 atom stereocenters. The van der Waals surface area contributed by atoms with Gasteiger partial charge in [-0.3, -0.25) is 9.59 Å². The van der Waals surface area contributed by atoms with Gasteiger partial charge in [0.1, 0.15) is 36.6 Å². The van der Waals surface area contributed by atoms with Gasteiger partial charge >= 0.3 is 17.9 Å². The molecule has 16 heteroatoms. The van der Waals surface area contributed by atoms with Crippen LogP contribution in [-0.4, -0.2) is 132 Å². The first-order valence-corrected chi connectivity index (χ1v) is 20.7. The number of hydrogen-bond acceptors (Lipinski definition) is 13. The summed E-state index contributed by atoms with van der Waals surface area (Å²) in [5, 5.41) is 83.0. The Morgan fingerprint density at radius 3 is 1.88 bits per heavy atom. The minimum absolute atomic E-state index is 0.0217. The van der Waals surface area contributed by atoms with Gasteiger partial charge in [-0.05, 0) is 110 Å². The summed E-state index contributed by atoms with van der Waals surface area (Å²) < 4.78 is 23.4. The molecular formula is C42H62O16. The number of hydrogen-bond donors (Lipinski definition) is 8. The van der Waals surface area contributed by atoms with Gasteiger partial charge in [-0.2, -0.15) is 0 Å². The second-order valence-electron chi connectivity index (χ2n) is 20.6. The summed E-state index contributed by atoms with van der Waals surface area (Å²) in [6, 6.07) is 0. The van der Waals surface area contributed by atoms with Crippen molar-refractivity contribution in [3.05, 3.63) is 11.6 Å². The summed E-state index contributed by atoms with van der Waals surface area (Å²) in [5.74, 6) is -4.47. The van der Waals surface area contributed by atoms with Crippen LogP contribution < -0.4 is 0 Å². The Morgan fingerprint density at radius 2 is 1.28 bits per heavy atom. The van der Waals surface area contributed by atoms with E-state index in [1.807, 2.05) is 26.8 Å². The summed E-state index contributed by atoms with van der Waals surface area (Å²) in [6.45, 7) is 14.8. The van der Waals surface area contributed by atoms with E-state index in [0.29, 0.717) is 25.7 Å². The lowest BCUT2D eigenvalue weighted by atomic mass is 9.33. The van der Waals surface area contributed by atoms with Gasteiger partial charge in [0.2, 0.25) is 0 Å². The topological polar surface area (TPSA) is 267 Å². The highest BCUT2D eigenvalue weighted by Gasteiger charge is 2.71. The fourth-order valence-electron chi connectivity index (χ4n) is 13.4. The van der Waals surface area contributed by atoms with Crippen LogP contribution in [0.4, 0.5) is 0 Å². The second kappa shape index (κ2) is 14.3. The molecule has 0 aromatic carbocycles. The Morgan fingerprint density at radius 1 is 0.690 bits per heavy atom. The predicted molar refractivity (Wildman–Crippen MR) is 199 cm³/mol. The van der Waals surface area contributed by atoms with Gasteiger partial charge in [-0.15, -0.1) is 0 Å². The summed E-state index contributed by atoms with van der Waals surface area (Å²) in [6.07, 6.45) is -12.2. The quantitative estimate of drug-likeness (QED) is 0.171. The number of aliphatic carboxylic acids is 3. The van der Waals surface area contributed by atoms with Crippen LogP contribution >= 0.6 is 0 Å². The van der Waals surface area contributed by atoms with Crippen LogP contribution in [0, 0.1) is 50.2 Å². The molecule has 8 N–H and O–H groups in total. The Labute approximate surface area is 337 Å². The molecule has 6 fully saturated rings. The molecule has 0 bridgehead atoms. The van der Waals surface area contributed by atoms with Gasteiger partial charge in [-0.25, -0.2) is 9.59 Å². The van der Waals surface area contributed by atoms with Crippen molar-refractivity contribution in [2.75, 3.05) is 0 Å². The zero-order valence-electron chi connectivity index (χ0n) is 34.4. The fourth-order valence-corrected chi connectivity index (χ4v) is 13.4. The van der Waals surface area contributed by atoms with Gasteiger partial charge in [0, 0.05) is 5.92 Å². The van der Waals surface area contributed by atoms with Crippen molar-refractivity contribution in [3.63, 3.8) is 0 Å². The molecule has 0 aromatic heterocycles. The second-order valence-corrected chi connectivity index (χ2v) is 20.6. The number of carboxylic acid groups (broad SMARTS) is 3. The maximum absolute atomic E-state index is 14.8. The fraction of sp³-hybridized carbons (Fsp3) is 0.857. The summed E-state index contributed by atoms with van der Waals surface area (Å²) in [5.41, 5.74) is -1.81. The van der Waals surface area contributed by atoms with Gasteiger partial charge in [0.15, 0.2) is 30.6 Å². The number of carbonyl (C=O) groups excluding carboxylic acids is 1. The molecule has 0 unspecified atom stereocenters. The molecule has 16 nitrogen and oxygen atoms in total. The van der Waals surface area contributed by atoms with E-state index in [1.54, 1.807) is 0 Å². The minimum atomic E-state index is -2.05. The number of rotatable bonds is 7. The van der Waals surface area contributed by atoms with Gasteiger partial charge in [0.05, 0.1) is 11.5 Å². The van der Waals surface area contributed by atoms with Crippen molar-refractivity contribution in [2.24, 2.45) is 50.2 Å². The number of ketones is 1. The third kappa shape index (κ3) is 6.25. The van der Waals surface area contributed by atoms with Crippen molar-refractivity contribution in [2.45, 2.75) is 174 Å². The van der Waals surface area contributed by atoms with Crippen LogP contribution in [0.2, 0.25) is 0 Å². The first-order chi connectivity index (χ1) is 26.8. The number of allylic oxidation sites excluding steroid dienone is 2. The molecule has 0 aromatic rings. The normalized spacial score (nSPS) is 52.6. The van der Waals surface area contributed by atoms with E-state index in [0.717, 1.165) is 37.7 Å². The average Bonchev–Trinajstić information content (AvgIpc) is 3.13. The van der Waals surface area contributed by atoms with E-state index < -0.39 is 107 Å². The summed E-state index contributed by atoms with van der Waals surface area (Å²) in [7, 11) is 0. The smallest absolute Gasteiger partial charge is 0.335 e. The monoisotopic (exact) mass is 822 g/mol. The molecule has 0 amide bonds. The lowest BCUT2D eigenvalue weighted by Gasteiger charge is -2.70. The standard InChI is InChI=1S/C42H62O16/c1-37(2)21-8-11-42(7)31(20(43)16-18-19-17-39(4,36(53)54)13-12-38(19,3)14-15-41(18,42)6)40(21,5)10-9-22(37)55-35-30(26(47)25(46)29(57-35)33(51)52)58-34-27(48)23(44)24(45)28(56-34)32(49)50/h16,19,21-31,34-35,44-48H,8-15,17H2,1-7H3,(H,49,50)(H,51,52)(H,53,54)/t19-,21-,22+,23+,24-,25+,26+,27-,28-,29+,30-,31-,34-,35-,38-,39+,40+,41-,42+/m0/s1. The Bertz CT molecular complexity index is 1730. The van der Waals surface area contributed by atoms with Crippen LogP contribution in [0.3, 0.4) is 0 Å². The molecule has 2 aliphatic heterocycles. The maximum Gasteiger partial charge on any atom is 0.335 e. The van der Waals surface area contributed by atoms with E-state index in [2.05, 4.69) is 27.7 Å². The lowest BCUT2D eigenvalue weighted by molar-refractivity contribution is -0.371. The van der Waals surface area contributed by atoms with E-state index in [-0.39, 0.29) is 34.4 Å². The Hall–Kier alpha value is -2.54. The van der Waals surface area contributed by atoms with Gasteiger partial charge in [0.25, 0.3) is 0 Å². The first-order valence-electron chi connectivity index (χ1n) is 20.7. The minimum Gasteiger partial charge on any atom is -0.481 e. The third-order valence-corrected chi connectivity index (χ3v) is 17.2. The highest BCUT2D eigenvalue weighted by atomic mass is 16.8. The molecule has 0 radical (unpaired) electrons. The average molecular weight is 823 g/mol. The maximum atomic E-state index is 14.8.